The maximum absolute atomic E-state index is 12.5. The van der Waals surface area contributed by atoms with Crippen LogP contribution in [0.2, 0.25) is 0 Å². The number of nitrogens with one attached hydrogen (secondary N) is 3. The van der Waals surface area contributed by atoms with Gasteiger partial charge in [0.05, 0.1) is 11.4 Å². The van der Waals surface area contributed by atoms with Crippen LogP contribution >= 0.6 is 0 Å². The molecule has 0 radical (unpaired) electrons. The summed E-state index contributed by atoms with van der Waals surface area (Å²) in [5.41, 5.74) is 1.42. The lowest BCUT2D eigenvalue weighted by Gasteiger charge is -2.20. The Morgan fingerprint density at radius 2 is 1.41 bits per heavy atom. The van der Waals surface area contributed by atoms with Crippen molar-refractivity contribution < 1.29 is 18.0 Å². The van der Waals surface area contributed by atoms with Crippen molar-refractivity contribution in [2.75, 3.05) is 30.3 Å². The molecule has 0 aliphatic heterocycles. The Labute approximate surface area is 190 Å². The van der Waals surface area contributed by atoms with Crippen LogP contribution in [-0.2, 0) is 14.8 Å². The summed E-state index contributed by atoms with van der Waals surface area (Å²) in [4.78, 5) is 24.6. The monoisotopic (exact) mass is 460 g/mol. The average Bonchev–Trinajstić information content (AvgIpc) is 2.72. The Kier molecular flexibility index (Phi) is 8.40. The van der Waals surface area contributed by atoms with Crippen molar-refractivity contribution in [3.8, 4) is 0 Å². The van der Waals surface area contributed by atoms with Crippen LogP contribution in [0, 0.1) is 0 Å². The summed E-state index contributed by atoms with van der Waals surface area (Å²) in [6.45, 7) is 10.1. The van der Waals surface area contributed by atoms with Crippen LogP contribution in [0.5, 0.6) is 0 Å². The van der Waals surface area contributed by atoms with E-state index in [0.717, 1.165) is 0 Å². The first-order valence-electron chi connectivity index (χ1n) is 10.5. The van der Waals surface area contributed by atoms with E-state index in [1.54, 1.807) is 50.2 Å². The number of nitrogens with zero attached hydrogens (tertiary/aromatic N) is 1. The molecule has 0 heterocycles. The highest BCUT2D eigenvalue weighted by molar-refractivity contribution is 7.89. The van der Waals surface area contributed by atoms with Gasteiger partial charge in [-0.1, -0.05) is 13.8 Å². The molecular weight excluding hydrogens is 428 g/mol. The van der Waals surface area contributed by atoms with Gasteiger partial charge in [0, 0.05) is 35.6 Å². The van der Waals surface area contributed by atoms with E-state index in [1.807, 2.05) is 20.8 Å². The van der Waals surface area contributed by atoms with Crippen molar-refractivity contribution in [1.29, 1.82) is 0 Å². The van der Waals surface area contributed by atoms with Gasteiger partial charge >= 0.3 is 0 Å². The zero-order valence-corrected chi connectivity index (χ0v) is 20.0. The molecular formula is C23H32N4O4S. The smallest absolute Gasteiger partial charge is 0.251 e. The number of rotatable bonds is 9. The minimum absolute atomic E-state index is 0.0209. The van der Waals surface area contributed by atoms with Crippen LogP contribution in [-0.4, -0.2) is 49.7 Å². The number of hydrogen-bond acceptors (Lipinski definition) is 5. The quantitative estimate of drug-likeness (QED) is 0.532. The molecule has 0 aliphatic rings. The molecule has 0 atom stereocenters. The van der Waals surface area contributed by atoms with E-state index in [1.165, 1.54) is 16.4 Å². The topological polar surface area (TPSA) is 108 Å². The van der Waals surface area contributed by atoms with E-state index >= 15 is 0 Å². The summed E-state index contributed by atoms with van der Waals surface area (Å²) < 4.78 is 26.4. The first-order chi connectivity index (χ1) is 15.0. The van der Waals surface area contributed by atoms with Gasteiger partial charge in [-0.05, 0) is 69.3 Å². The fourth-order valence-corrected chi connectivity index (χ4v) is 4.42. The molecule has 2 aromatic rings. The van der Waals surface area contributed by atoms with E-state index in [2.05, 4.69) is 16.0 Å². The predicted octanol–water partition coefficient (Wildman–Crippen LogP) is 3.30. The summed E-state index contributed by atoms with van der Waals surface area (Å²) in [6.07, 6.45) is 0. The second-order valence-corrected chi connectivity index (χ2v) is 10.2. The van der Waals surface area contributed by atoms with Gasteiger partial charge < -0.3 is 16.0 Å². The highest BCUT2D eigenvalue weighted by atomic mass is 32.2. The van der Waals surface area contributed by atoms with Gasteiger partial charge in [-0.2, -0.15) is 4.31 Å². The largest absolute Gasteiger partial charge is 0.376 e. The zero-order valence-electron chi connectivity index (χ0n) is 19.2. The standard InChI is InChI=1S/C23H32N4O4S/c1-6-27(7-2)32(30,31)20-14-12-19(13-15-20)25-21(28)16-24-18-10-8-17(9-11-18)22(29)26-23(3,4)5/h8-15,24H,6-7,16H2,1-5H3,(H,25,28)(H,26,29). The highest BCUT2D eigenvalue weighted by Gasteiger charge is 2.21. The van der Waals surface area contributed by atoms with Crippen LogP contribution in [0.4, 0.5) is 11.4 Å². The predicted molar refractivity (Wildman–Crippen MR) is 127 cm³/mol. The molecule has 0 aliphatic carbocycles. The number of carbonyl (C=O) groups excluding carboxylic acids is 2. The Bertz CT molecular complexity index is 1020. The molecule has 0 aromatic heterocycles. The molecule has 174 valence electrons. The minimum atomic E-state index is -3.53. The Morgan fingerprint density at radius 1 is 0.875 bits per heavy atom. The molecule has 8 nitrogen and oxygen atoms in total. The first-order valence-corrected chi connectivity index (χ1v) is 12.0. The number of amides is 2. The summed E-state index contributed by atoms with van der Waals surface area (Å²) in [5, 5.41) is 8.62. The molecule has 3 N–H and O–H groups in total. The van der Waals surface area contributed by atoms with Gasteiger partial charge in [-0.3, -0.25) is 9.59 Å². The van der Waals surface area contributed by atoms with Crippen molar-refractivity contribution in [3.63, 3.8) is 0 Å². The van der Waals surface area contributed by atoms with Crippen molar-refractivity contribution in [1.82, 2.24) is 9.62 Å². The van der Waals surface area contributed by atoms with Gasteiger partial charge in [-0.25, -0.2) is 8.42 Å². The maximum Gasteiger partial charge on any atom is 0.251 e. The lowest BCUT2D eigenvalue weighted by molar-refractivity contribution is -0.114. The second-order valence-electron chi connectivity index (χ2n) is 8.30. The molecule has 2 amide bonds. The molecule has 0 saturated heterocycles. The fourth-order valence-electron chi connectivity index (χ4n) is 2.96. The van der Waals surface area contributed by atoms with E-state index in [4.69, 9.17) is 0 Å². The van der Waals surface area contributed by atoms with Crippen LogP contribution < -0.4 is 16.0 Å². The number of anilines is 2. The molecule has 32 heavy (non-hydrogen) atoms. The van der Waals surface area contributed by atoms with Gasteiger partial charge in [0.2, 0.25) is 15.9 Å². The summed E-state index contributed by atoms with van der Waals surface area (Å²) in [7, 11) is -3.53. The summed E-state index contributed by atoms with van der Waals surface area (Å²) in [6, 6.07) is 13.0. The summed E-state index contributed by atoms with van der Waals surface area (Å²) >= 11 is 0. The molecule has 0 fully saturated rings. The highest BCUT2D eigenvalue weighted by Crippen LogP contribution is 2.18. The number of benzene rings is 2. The lowest BCUT2D eigenvalue weighted by atomic mass is 10.1. The second kappa shape index (κ2) is 10.6. The first kappa shape index (κ1) is 25.4. The van der Waals surface area contributed by atoms with E-state index in [9.17, 15) is 18.0 Å². The molecule has 0 unspecified atom stereocenters. The van der Waals surface area contributed by atoms with Crippen molar-refractivity contribution in [2.45, 2.75) is 45.1 Å². The van der Waals surface area contributed by atoms with E-state index in [0.29, 0.717) is 30.0 Å². The van der Waals surface area contributed by atoms with Crippen molar-refractivity contribution in [3.05, 3.63) is 54.1 Å². The number of sulfonamides is 1. The van der Waals surface area contributed by atoms with Gasteiger partial charge in [-0.15, -0.1) is 0 Å². The number of carbonyl (C=O) groups is 2. The Balaban J connectivity index is 1.91. The van der Waals surface area contributed by atoms with Crippen LogP contribution in [0.3, 0.4) is 0 Å². The Morgan fingerprint density at radius 3 is 1.91 bits per heavy atom. The van der Waals surface area contributed by atoms with Gasteiger partial charge in [0.1, 0.15) is 0 Å². The van der Waals surface area contributed by atoms with Crippen molar-refractivity contribution >= 4 is 33.2 Å². The molecule has 2 aromatic carbocycles. The van der Waals surface area contributed by atoms with Crippen LogP contribution in [0.25, 0.3) is 0 Å². The summed E-state index contributed by atoms with van der Waals surface area (Å²) in [5.74, 6) is -0.438. The number of hydrogen-bond donors (Lipinski definition) is 3. The average molecular weight is 461 g/mol. The van der Waals surface area contributed by atoms with E-state index < -0.39 is 10.0 Å². The lowest BCUT2D eigenvalue weighted by Crippen LogP contribution is -2.40. The normalized spacial score (nSPS) is 11.8. The third kappa shape index (κ3) is 7.06. The molecule has 9 heteroatoms. The fraction of sp³-hybridized carbons (Fsp3) is 0.391. The van der Waals surface area contributed by atoms with Crippen LogP contribution in [0.1, 0.15) is 45.0 Å². The Hall–Kier alpha value is -2.91. The molecule has 2 rings (SSSR count). The molecule has 0 saturated carbocycles. The van der Waals surface area contributed by atoms with E-state index in [-0.39, 0.29) is 28.8 Å². The molecule has 0 spiro atoms. The maximum atomic E-state index is 12.5. The third-order valence-electron chi connectivity index (χ3n) is 4.57. The molecule has 0 bridgehead atoms. The van der Waals surface area contributed by atoms with Gasteiger partial charge in [0.15, 0.2) is 0 Å². The zero-order chi connectivity index (χ0) is 23.9. The third-order valence-corrected chi connectivity index (χ3v) is 6.63. The van der Waals surface area contributed by atoms with Gasteiger partial charge in [0.25, 0.3) is 5.91 Å². The minimum Gasteiger partial charge on any atom is -0.376 e. The van der Waals surface area contributed by atoms with Crippen molar-refractivity contribution in [2.24, 2.45) is 0 Å². The SMILES string of the molecule is CCN(CC)S(=O)(=O)c1ccc(NC(=O)CNc2ccc(C(=O)NC(C)(C)C)cc2)cc1. The van der Waals surface area contributed by atoms with Crippen LogP contribution in [0.15, 0.2) is 53.4 Å².